The topological polar surface area (TPSA) is 38.5 Å². The van der Waals surface area contributed by atoms with Gasteiger partial charge in [-0.15, -0.1) is 0 Å². The van der Waals surface area contributed by atoms with Crippen LogP contribution in [0.3, 0.4) is 0 Å². The van der Waals surface area contributed by atoms with Crippen LogP contribution in [0.1, 0.15) is 42.0 Å². The van der Waals surface area contributed by atoms with Gasteiger partial charge in [0.2, 0.25) is 0 Å². The molecule has 2 aliphatic rings. The van der Waals surface area contributed by atoms with Gasteiger partial charge in [-0.05, 0) is 50.9 Å². The lowest BCUT2D eigenvalue weighted by molar-refractivity contribution is -0.0164. The summed E-state index contributed by atoms with van der Waals surface area (Å²) >= 11 is 0. The van der Waals surface area contributed by atoms with Crippen LogP contribution in [-0.2, 0) is 0 Å². The predicted octanol–water partition coefficient (Wildman–Crippen LogP) is 2.55. The summed E-state index contributed by atoms with van der Waals surface area (Å²) in [5.74, 6) is 1.02. The highest BCUT2D eigenvalue weighted by Gasteiger charge is 2.41. The zero-order valence-electron chi connectivity index (χ0n) is 12.2. The highest BCUT2D eigenvalue weighted by molar-refractivity contribution is 5.45. The van der Waals surface area contributed by atoms with Gasteiger partial charge < -0.3 is 15.4 Å². The van der Waals surface area contributed by atoms with E-state index in [0.29, 0.717) is 0 Å². The van der Waals surface area contributed by atoms with E-state index in [1.807, 2.05) is 0 Å². The second-order valence-electron chi connectivity index (χ2n) is 6.37. The third kappa shape index (κ3) is 2.26. The summed E-state index contributed by atoms with van der Waals surface area (Å²) in [5, 5.41) is 0. The van der Waals surface area contributed by atoms with Crippen LogP contribution >= 0.6 is 0 Å². The molecule has 1 spiro atoms. The van der Waals surface area contributed by atoms with E-state index in [0.717, 1.165) is 38.1 Å². The molecule has 3 nitrogen and oxygen atoms in total. The summed E-state index contributed by atoms with van der Waals surface area (Å²) in [6, 6.07) is 4.49. The van der Waals surface area contributed by atoms with Crippen LogP contribution in [0.4, 0.5) is 0 Å². The van der Waals surface area contributed by atoms with E-state index in [4.69, 9.17) is 10.5 Å². The molecular formula is C16H24N2O. The number of hydrogen-bond acceptors (Lipinski definition) is 3. The summed E-state index contributed by atoms with van der Waals surface area (Å²) in [5.41, 5.74) is 10.2. The second-order valence-corrected chi connectivity index (χ2v) is 6.37. The van der Waals surface area contributed by atoms with Crippen molar-refractivity contribution >= 4 is 0 Å². The first-order valence-corrected chi connectivity index (χ1v) is 7.23. The normalized spacial score (nSPS) is 26.0. The number of fused-ring (bicyclic) bond motifs is 1. The molecule has 0 radical (unpaired) electrons. The molecule has 0 aliphatic carbocycles. The molecule has 3 rings (SSSR count). The Morgan fingerprint density at radius 2 is 1.84 bits per heavy atom. The second kappa shape index (κ2) is 4.50. The number of piperidine rings is 1. The molecule has 2 aliphatic heterocycles. The van der Waals surface area contributed by atoms with Crippen molar-refractivity contribution in [3.05, 3.63) is 28.8 Å². The highest BCUT2D eigenvalue weighted by Crippen LogP contribution is 2.43. The molecule has 0 amide bonds. The molecular weight excluding hydrogens is 236 g/mol. The van der Waals surface area contributed by atoms with Crippen molar-refractivity contribution in [2.24, 2.45) is 5.73 Å². The molecule has 0 bridgehead atoms. The molecule has 1 aromatic rings. The van der Waals surface area contributed by atoms with Crippen LogP contribution in [0.25, 0.3) is 0 Å². The molecule has 104 valence electrons. The summed E-state index contributed by atoms with van der Waals surface area (Å²) in [6.45, 7) is 6.49. The van der Waals surface area contributed by atoms with E-state index in [-0.39, 0.29) is 11.6 Å². The van der Waals surface area contributed by atoms with Crippen LogP contribution < -0.4 is 10.5 Å². The Morgan fingerprint density at radius 1 is 1.21 bits per heavy atom. The Bertz CT molecular complexity index is 490. The van der Waals surface area contributed by atoms with E-state index in [1.165, 1.54) is 16.7 Å². The van der Waals surface area contributed by atoms with Gasteiger partial charge in [0.25, 0.3) is 0 Å². The van der Waals surface area contributed by atoms with Crippen molar-refractivity contribution in [2.75, 3.05) is 20.1 Å². The monoisotopic (exact) mass is 260 g/mol. The van der Waals surface area contributed by atoms with Gasteiger partial charge in [-0.1, -0.05) is 6.07 Å². The predicted molar refractivity (Wildman–Crippen MR) is 77.6 cm³/mol. The van der Waals surface area contributed by atoms with Crippen molar-refractivity contribution in [3.63, 3.8) is 0 Å². The molecule has 19 heavy (non-hydrogen) atoms. The van der Waals surface area contributed by atoms with Gasteiger partial charge in [0.1, 0.15) is 11.4 Å². The molecule has 1 fully saturated rings. The summed E-state index contributed by atoms with van der Waals surface area (Å²) in [7, 11) is 2.18. The molecule has 1 unspecified atom stereocenters. The van der Waals surface area contributed by atoms with Gasteiger partial charge in [-0.3, -0.25) is 0 Å². The first-order chi connectivity index (χ1) is 8.99. The fourth-order valence-corrected chi connectivity index (χ4v) is 3.31. The van der Waals surface area contributed by atoms with Gasteiger partial charge >= 0.3 is 0 Å². The molecule has 1 aromatic carbocycles. The Hall–Kier alpha value is -1.06. The summed E-state index contributed by atoms with van der Waals surface area (Å²) < 4.78 is 6.41. The van der Waals surface area contributed by atoms with E-state index in [9.17, 15) is 0 Å². The van der Waals surface area contributed by atoms with Crippen molar-refractivity contribution in [3.8, 4) is 5.75 Å². The van der Waals surface area contributed by atoms with Crippen molar-refractivity contribution in [1.82, 2.24) is 4.90 Å². The van der Waals surface area contributed by atoms with Gasteiger partial charge in [-0.2, -0.15) is 0 Å². The number of hydrogen-bond donors (Lipinski definition) is 1. The van der Waals surface area contributed by atoms with E-state index < -0.39 is 0 Å². The molecule has 3 heteroatoms. The largest absolute Gasteiger partial charge is 0.487 e. The number of ether oxygens (including phenoxy) is 1. The van der Waals surface area contributed by atoms with Gasteiger partial charge in [0.05, 0.1) is 0 Å². The van der Waals surface area contributed by atoms with Gasteiger partial charge in [-0.25, -0.2) is 0 Å². The average molecular weight is 260 g/mol. The van der Waals surface area contributed by atoms with Crippen LogP contribution in [0.15, 0.2) is 12.1 Å². The zero-order valence-corrected chi connectivity index (χ0v) is 12.2. The van der Waals surface area contributed by atoms with Crippen molar-refractivity contribution in [1.29, 1.82) is 0 Å². The molecule has 2 heterocycles. The Labute approximate surface area is 115 Å². The smallest absolute Gasteiger partial charge is 0.125 e. The highest BCUT2D eigenvalue weighted by atomic mass is 16.5. The molecule has 1 saturated heterocycles. The van der Waals surface area contributed by atoms with Crippen molar-refractivity contribution in [2.45, 2.75) is 44.8 Å². The Balaban J connectivity index is 1.93. The van der Waals surface area contributed by atoms with Crippen molar-refractivity contribution < 1.29 is 4.74 Å². The number of nitrogens with zero attached hydrogens (tertiary/aromatic N) is 1. The third-order valence-corrected chi connectivity index (χ3v) is 4.84. The summed E-state index contributed by atoms with van der Waals surface area (Å²) in [4.78, 5) is 2.37. The number of benzene rings is 1. The maximum absolute atomic E-state index is 6.41. The quantitative estimate of drug-likeness (QED) is 0.779. The minimum Gasteiger partial charge on any atom is -0.487 e. The molecule has 0 aromatic heterocycles. The molecule has 0 saturated carbocycles. The lowest BCUT2D eigenvalue weighted by atomic mass is 9.80. The average Bonchev–Trinajstić information content (AvgIpc) is 2.36. The fraction of sp³-hybridized carbons (Fsp3) is 0.625. The standard InChI is InChI=1S/C16H24N2O/c1-11-8-13-14(17)10-16(4-6-18(3)7-5-16)19-15(13)9-12(11)2/h8-9,14H,4-7,10,17H2,1-3H3. The SMILES string of the molecule is Cc1cc2c(cc1C)C(N)CC1(CCN(C)CC1)O2. The lowest BCUT2D eigenvalue weighted by Gasteiger charge is -2.45. The van der Waals surface area contributed by atoms with E-state index >= 15 is 0 Å². The summed E-state index contributed by atoms with van der Waals surface area (Å²) in [6.07, 6.45) is 3.13. The van der Waals surface area contributed by atoms with Crippen LogP contribution in [0.2, 0.25) is 0 Å². The van der Waals surface area contributed by atoms with E-state index in [2.05, 4.69) is 37.9 Å². The Kier molecular flexibility index (Phi) is 3.06. The molecule has 2 N–H and O–H groups in total. The number of aryl methyl sites for hydroxylation is 2. The first-order valence-electron chi connectivity index (χ1n) is 7.23. The lowest BCUT2D eigenvalue weighted by Crippen LogP contribution is -2.50. The number of rotatable bonds is 0. The maximum atomic E-state index is 6.41. The zero-order chi connectivity index (χ0) is 13.6. The van der Waals surface area contributed by atoms with Crippen LogP contribution in [0, 0.1) is 13.8 Å². The molecule has 1 atom stereocenters. The van der Waals surface area contributed by atoms with Crippen LogP contribution in [-0.4, -0.2) is 30.6 Å². The van der Waals surface area contributed by atoms with E-state index in [1.54, 1.807) is 0 Å². The van der Waals surface area contributed by atoms with Gasteiger partial charge in [0, 0.05) is 31.1 Å². The third-order valence-electron chi connectivity index (χ3n) is 4.84. The fourth-order valence-electron chi connectivity index (χ4n) is 3.31. The minimum atomic E-state index is -0.0272. The Morgan fingerprint density at radius 3 is 2.53 bits per heavy atom. The minimum absolute atomic E-state index is 0.0272. The first kappa shape index (κ1) is 12.9. The number of nitrogens with two attached hydrogens (primary N) is 1. The maximum Gasteiger partial charge on any atom is 0.125 e. The van der Waals surface area contributed by atoms with Gasteiger partial charge in [0.15, 0.2) is 0 Å². The number of likely N-dealkylation sites (tertiary alicyclic amines) is 1. The van der Waals surface area contributed by atoms with Crippen LogP contribution in [0.5, 0.6) is 5.75 Å².